The fraction of sp³-hybridized carbons (Fsp3) is 0.650. The minimum atomic E-state index is 0.0766. The number of fused-ring (bicyclic) bond motifs is 1. The number of ether oxygens (including phenoxy) is 3. The van der Waals surface area contributed by atoms with E-state index in [-0.39, 0.29) is 11.8 Å². The molecule has 7 heteroatoms. The molecule has 1 amide bonds. The molecular formula is C20H27ClN2O4. The van der Waals surface area contributed by atoms with Crippen molar-refractivity contribution in [1.29, 1.82) is 0 Å². The number of amides is 1. The zero-order valence-electron chi connectivity index (χ0n) is 15.6. The van der Waals surface area contributed by atoms with Crippen LogP contribution in [-0.4, -0.2) is 68.3 Å². The summed E-state index contributed by atoms with van der Waals surface area (Å²) in [4.78, 5) is 17.1. The van der Waals surface area contributed by atoms with Crippen molar-refractivity contribution in [2.45, 2.75) is 25.8 Å². The van der Waals surface area contributed by atoms with E-state index in [9.17, 15) is 4.79 Å². The zero-order valence-corrected chi connectivity index (χ0v) is 16.4. The Kier molecular flexibility index (Phi) is 6.05. The van der Waals surface area contributed by atoms with Crippen LogP contribution in [0.15, 0.2) is 12.1 Å². The van der Waals surface area contributed by atoms with Gasteiger partial charge in [0, 0.05) is 32.6 Å². The van der Waals surface area contributed by atoms with E-state index in [1.807, 2.05) is 17.0 Å². The molecule has 1 atom stereocenters. The van der Waals surface area contributed by atoms with E-state index in [0.717, 1.165) is 50.2 Å². The van der Waals surface area contributed by atoms with Gasteiger partial charge >= 0.3 is 0 Å². The van der Waals surface area contributed by atoms with E-state index >= 15 is 0 Å². The maximum Gasteiger partial charge on any atom is 0.227 e. The fourth-order valence-corrected chi connectivity index (χ4v) is 4.36. The smallest absolute Gasteiger partial charge is 0.227 e. The van der Waals surface area contributed by atoms with Gasteiger partial charge in [-0.1, -0.05) is 11.6 Å². The number of carbonyl (C=O) groups is 1. The SMILES string of the molecule is O=C(C1CCCN(Cc2cc(Cl)c3c(c2)OCCCO3)C1)N1CCOCC1. The van der Waals surface area contributed by atoms with Crippen LogP contribution in [0.2, 0.25) is 5.02 Å². The largest absolute Gasteiger partial charge is 0.489 e. The molecule has 0 radical (unpaired) electrons. The third kappa shape index (κ3) is 4.50. The van der Waals surface area contributed by atoms with Gasteiger partial charge in [-0.3, -0.25) is 9.69 Å². The molecule has 0 N–H and O–H groups in total. The fourth-order valence-electron chi connectivity index (χ4n) is 4.08. The molecule has 148 valence electrons. The Hall–Kier alpha value is -1.50. The van der Waals surface area contributed by atoms with Crippen LogP contribution in [0.4, 0.5) is 0 Å². The van der Waals surface area contributed by atoms with Crippen LogP contribution < -0.4 is 9.47 Å². The second-order valence-electron chi connectivity index (χ2n) is 7.47. The number of carbonyl (C=O) groups excluding carboxylic acids is 1. The first-order valence-electron chi connectivity index (χ1n) is 9.87. The topological polar surface area (TPSA) is 51.2 Å². The lowest BCUT2D eigenvalue weighted by atomic mass is 9.96. The van der Waals surface area contributed by atoms with Crippen molar-refractivity contribution in [2.24, 2.45) is 5.92 Å². The van der Waals surface area contributed by atoms with E-state index in [1.165, 1.54) is 0 Å². The first kappa shape index (κ1) is 18.8. The van der Waals surface area contributed by atoms with Gasteiger partial charge in [0.25, 0.3) is 0 Å². The van der Waals surface area contributed by atoms with Gasteiger partial charge < -0.3 is 19.1 Å². The van der Waals surface area contributed by atoms with Gasteiger partial charge in [0.1, 0.15) is 0 Å². The van der Waals surface area contributed by atoms with Crippen molar-refractivity contribution in [2.75, 3.05) is 52.6 Å². The van der Waals surface area contributed by atoms with E-state index in [4.69, 9.17) is 25.8 Å². The Labute approximate surface area is 165 Å². The summed E-state index contributed by atoms with van der Waals surface area (Å²) in [6.45, 7) is 6.57. The van der Waals surface area contributed by atoms with Crippen LogP contribution in [0, 0.1) is 5.92 Å². The average molecular weight is 395 g/mol. The second kappa shape index (κ2) is 8.67. The molecule has 0 aliphatic carbocycles. The van der Waals surface area contributed by atoms with Crippen molar-refractivity contribution in [3.63, 3.8) is 0 Å². The molecule has 1 aromatic carbocycles. The van der Waals surface area contributed by atoms with E-state index in [1.54, 1.807) is 0 Å². The minimum absolute atomic E-state index is 0.0766. The normalized spacial score (nSPS) is 23.7. The molecule has 3 heterocycles. The number of piperidine rings is 1. The van der Waals surface area contributed by atoms with Crippen LogP contribution >= 0.6 is 11.6 Å². The van der Waals surface area contributed by atoms with E-state index < -0.39 is 0 Å². The number of morpholine rings is 1. The maximum atomic E-state index is 12.8. The van der Waals surface area contributed by atoms with Crippen molar-refractivity contribution in [3.8, 4) is 11.5 Å². The number of hydrogen-bond acceptors (Lipinski definition) is 5. The van der Waals surface area contributed by atoms with Crippen LogP contribution in [0.1, 0.15) is 24.8 Å². The highest BCUT2D eigenvalue weighted by Crippen LogP contribution is 2.38. The molecule has 4 rings (SSSR count). The summed E-state index contributed by atoms with van der Waals surface area (Å²) < 4.78 is 16.9. The van der Waals surface area contributed by atoms with Crippen LogP contribution in [0.3, 0.4) is 0 Å². The Morgan fingerprint density at radius 1 is 1.07 bits per heavy atom. The molecule has 2 saturated heterocycles. The average Bonchev–Trinajstić information content (AvgIpc) is 2.94. The first-order valence-corrected chi connectivity index (χ1v) is 10.3. The van der Waals surface area contributed by atoms with Crippen LogP contribution in [0.5, 0.6) is 11.5 Å². The summed E-state index contributed by atoms with van der Waals surface area (Å²) in [6, 6.07) is 3.99. The zero-order chi connectivity index (χ0) is 18.6. The number of rotatable bonds is 3. The molecule has 0 saturated carbocycles. The Morgan fingerprint density at radius 3 is 2.74 bits per heavy atom. The number of benzene rings is 1. The second-order valence-corrected chi connectivity index (χ2v) is 7.87. The summed E-state index contributed by atoms with van der Waals surface area (Å²) in [7, 11) is 0. The van der Waals surface area contributed by atoms with Crippen molar-refractivity contribution >= 4 is 17.5 Å². The quantitative estimate of drug-likeness (QED) is 0.788. The third-order valence-corrected chi connectivity index (χ3v) is 5.73. The molecule has 1 aromatic rings. The monoisotopic (exact) mass is 394 g/mol. The maximum absolute atomic E-state index is 12.8. The number of hydrogen-bond donors (Lipinski definition) is 0. The van der Waals surface area contributed by atoms with Crippen molar-refractivity contribution in [1.82, 2.24) is 9.80 Å². The molecule has 3 aliphatic rings. The van der Waals surface area contributed by atoms with E-state index in [2.05, 4.69) is 4.90 Å². The number of nitrogens with zero attached hydrogens (tertiary/aromatic N) is 2. The molecule has 0 bridgehead atoms. The lowest BCUT2D eigenvalue weighted by molar-refractivity contribution is -0.141. The predicted octanol–water partition coefficient (Wildman–Crippen LogP) is 2.57. The van der Waals surface area contributed by atoms with Gasteiger partial charge in [0.2, 0.25) is 5.91 Å². The number of likely N-dealkylation sites (tertiary alicyclic amines) is 1. The molecule has 1 unspecified atom stereocenters. The van der Waals surface area contributed by atoms with Gasteiger partial charge in [-0.05, 0) is 37.1 Å². The first-order chi connectivity index (χ1) is 13.2. The summed E-state index contributed by atoms with van der Waals surface area (Å²) >= 11 is 6.42. The van der Waals surface area contributed by atoms with E-state index in [0.29, 0.717) is 50.3 Å². The lowest BCUT2D eigenvalue weighted by Gasteiger charge is -2.36. The molecule has 2 fully saturated rings. The highest BCUT2D eigenvalue weighted by Gasteiger charge is 2.30. The summed E-state index contributed by atoms with van der Waals surface area (Å²) in [5.41, 5.74) is 1.10. The Balaban J connectivity index is 1.41. The minimum Gasteiger partial charge on any atom is -0.489 e. The molecule has 0 spiro atoms. The predicted molar refractivity (Wildman–Crippen MR) is 102 cm³/mol. The third-order valence-electron chi connectivity index (χ3n) is 5.45. The van der Waals surface area contributed by atoms with Gasteiger partial charge in [-0.2, -0.15) is 0 Å². The molecule has 27 heavy (non-hydrogen) atoms. The van der Waals surface area contributed by atoms with Crippen LogP contribution in [0.25, 0.3) is 0 Å². The van der Waals surface area contributed by atoms with Gasteiger partial charge in [-0.25, -0.2) is 0 Å². The standard InChI is InChI=1S/C20H27ClN2O4/c21-17-11-15(12-18-19(17)27-8-2-7-26-18)13-22-4-1-3-16(14-22)20(24)23-5-9-25-10-6-23/h11-12,16H,1-10,13-14H2. The van der Waals surface area contributed by atoms with Gasteiger partial charge in [-0.15, -0.1) is 0 Å². The molecule has 6 nitrogen and oxygen atoms in total. The van der Waals surface area contributed by atoms with Crippen molar-refractivity contribution in [3.05, 3.63) is 22.7 Å². The molecule has 0 aromatic heterocycles. The number of halogens is 1. The van der Waals surface area contributed by atoms with Gasteiger partial charge in [0.15, 0.2) is 11.5 Å². The summed E-state index contributed by atoms with van der Waals surface area (Å²) in [5, 5.41) is 0.599. The highest BCUT2D eigenvalue weighted by molar-refractivity contribution is 6.32. The Bertz CT molecular complexity index is 678. The Morgan fingerprint density at radius 2 is 1.89 bits per heavy atom. The lowest BCUT2D eigenvalue weighted by Crippen LogP contribution is -2.48. The summed E-state index contributed by atoms with van der Waals surface area (Å²) in [5.74, 6) is 1.73. The van der Waals surface area contributed by atoms with Crippen LogP contribution in [-0.2, 0) is 16.1 Å². The molecular weight excluding hydrogens is 368 g/mol. The summed E-state index contributed by atoms with van der Waals surface area (Å²) in [6.07, 6.45) is 2.87. The van der Waals surface area contributed by atoms with Crippen molar-refractivity contribution < 1.29 is 19.0 Å². The molecule has 3 aliphatic heterocycles. The highest BCUT2D eigenvalue weighted by atomic mass is 35.5. The van der Waals surface area contributed by atoms with Gasteiger partial charge in [0.05, 0.1) is 37.4 Å².